The van der Waals surface area contributed by atoms with Crippen LogP contribution in [0, 0.1) is 21.9 Å². The van der Waals surface area contributed by atoms with Gasteiger partial charge >= 0.3 is 30.2 Å². The van der Waals surface area contributed by atoms with Crippen molar-refractivity contribution in [3.63, 3.8) is 0 Å². The quantitative estimate of drug-likeness (QED) is 0.00612. The first-order valence-electron chi connectivity index (χ1n) is 43.2. The first kappa shape index (κ1) is 107. The third kappa shape index (κ3) is 36.4. The summed E-state index contributed by atoms with van der Waals surface area (Å²) < 4.78 is 55.2. The zero-order chi connectivity index (χ0) is 99.6. The van der Waals surface area contributed by atoms with Crippen LogP contribution in [0.3, 0.4) is 0 Å². The van der Waals surface area contributed by atoms with Gasteiger partial charge < -0.3 is 74.0 Å². The molecule has 0 heterocycles. The van der Waals surface area contributed by atoms with Gasteiger partial charge in [-0.2, -0.15) is 0 Å². The fourth-order valence-electron chi connectivity index (χ4n) is 12.2. The molecule has 15 amide bonds. The van der Waals surface area contributed by atoms with Crippen molar-refractivity contribution < 1.29 is 105 Å². The number of para-hydroxylation sites is 1. The maximum absolute atomic E-state index is 12.7. The van der Waals surface area contributed by atoms with Crippen LogP contribution in [-0.4, -0.2) is 144 Å². The van der Waals surface area contributed by atoms with Crippen LogP contribution in [0.25, 0.3) is 5.76 Å². The number of non-ortho nitro benzene ring substituents is 1. The molecule has 1 aliphatic carbocycles. The standard InChI is InChI=1S/C23H31N3O6.C22H27N3O4.C20H23N3O3.C18H20N4O6.C14H12N4O4/c1-6-15-10-11-17(18(12-15)29-5)24-23(28)26-25-22(27)16-13-19(30-7-2)21(32-9-4)20(14-16)31-8-3;1-4-6-15-29-20-13-9-18(10-14-20)21(26)24-25-22(27)23-19-11-7-17(8-12-19)16(3)28-5-2;1-14-5-4-6-16(13-14)21-20(25)23-22-19(24)15-9-11-18(12-10-15)26-17-7-2-3-8-17;1-22(25)13-7-5-12(6-8-13)19-18(24)21-20-17(23)11-9-14(26-2)16(28-4)15(10-11)27-3;19-13(10-6-8-12(9-7-10)18(21)22)16-17-14(20)15-11-4-2-1-3-5-11/h10-14H,6-9H2,1-5H3,(H,25,27)(H2,24,26,28);7-14H,3-6,15H2,1-2H3,(H,24,26)(H2,23,25,27);4-6,9-13,17H,2-3,7-8H2,1H3,(H,22,24)(H2,21,23,25);5-10H,1-4H3,(H2-,19,20,21,23,24,25);1-9H,(H,16,19)(H2,15,17,20)/p+1. The molecule has 0 aliphatic heterocycles. The molecule has 0 spiro atoms. The van der Waals surface area contributed by atoms with Crippen LogP contribution < -0.4 is 123 Å². The first-order valence-corrected chi connectivity index (χ1v) is 43.2. The predicted octanol–water partition coefficient (Wildman–Crippen LogP) is 16.3. The molecular formula is C97H114N17O23+. The van der Waals surface area contributed by atoms with Crippen LogP contribution in [0.15, 0.2) is 225 Å². The average Bonchev–Trinajstić information content (AvgIpc) is 1.10. The highest BCUT2D eigenvalue weighted by atomic mass is 16.6. The van der Waals surface area contributed by atoms with E-state index in [1.165, 1.54) is 84.7 Å². The summed E-state index contributed by atoms with van der Waals surface area (Å²) in [5.74, 6) is 2.19. The Kier molecular flexibility index (Phi) is 44.4. The van der Waals surface area contributed by atoms with Crippen LogP contribution in [0.5, 0.6) is 51.7 Å². The lowest BCUT2D eigenvalue weighted by molar-refractivity contribution is -0.428. The Bertz CT molecular complexity index is 5650. The molecule has 1 saturated carbocycles. The first-order chi connectivity index (χ1) is 66.0. The van der Waals surface area contributed by atoms with Crippen molar-refractivity contribution in [3.05, 3.63) is 284 Å². The third-order valence-corrected chi connectivity index (χ3v) is 19.0. The molecule has 40 heteroatoms. The van der Waals surface area contributed by atoms with Gasteiger partial charge in [-0.1, -0.05) is 63.2 Å². The lowest BCUT2D eigenvalue weighted by atomic mass is 10.1. The number of nitro groups is 1. The molecule has 137 heavy (non-hydrogen) atoms. The molecule has 1 aliphatic rings. The number of hydrogen-bond acceptors (Lipinski definition) is 23. The van der Waals surface area contributed by atoms with E-state index in [0.717, 1.165) is 54.5 Å². The van der Waals surface area contributed by atoms with Gasteiger partial charge in [0.25, 0.3) is 40.9 Å². The molecule has 0 atom stereocenters. The van der Waals surface area contributed by atoms with Gasteiger partial charge in [-0.3, -0.25) is 61.2 Å². The van der Waals surface area contributed by atoms with Crippen molar-refractivity contribution in [1.82, 2.24) is 54.3 Å². The number of nitro benzene ring substituents is 1. The second-order valence-corrected chi connectivity index (χ2v) is 28.9. The average molecular weight is 1890 g/mol. The molecule has 0 aromatic heterocycles. The van der Waals surface area contributed by atoms with Gasteiger partial charge in [0.15, 0.2) is 30.0 Å². The summed E-state index contributed by atoms with van der Waals surface area (Å²) in [6.07, 6.45) is 7.75. The number of hydrazine groups is 5. The Morgan fingerprint density at radius 3 is 1.21 bits per heavy atom. The zero-order valence-corrected chi connectivity index (χ0v) is 77.8. The minimum absolute atomic E-state index is 0.119. The molecular weight excluding hydrogens is 1770 g/mol. The smallest absolute Gasteiger partial charge is 0.338 e. The SMILES string of the molecule is C=C(OCC)c1ccc(NC(=O)NNC(=O)c2ccc(OCCCC)cc2)cc1.CCOc1cc(C(=O)NNC(=O)Nc2ccc(CC)cc2OC)cc(OCC)c1OCC.COc1cc(C(=O)NNC(=O)Nc2ccc([N+](C)=O)cc2)cc(OC)c1OC.Cc1cccc(NC(=O)NNC(=O)c2ccc(OC3CCCC3)cc2)c1.O=C(NNC(=O)c1ccc([N+](=O)[O-])cc1)Nc1ccccc1. The van der Waals surface area contributed by atoms with Gasteiger partial charge in [0.1, 0.15) is 23.0 Å². The summed E-state index contributed by atoms with van der Waals surface area (Å²) in [6.45, 7) is 19.6. The largest absolute Gasteiger partial charge is 0.495 e. The van der Waals surface area contributed by atoms with E-state index in [1.807, 2.05) is 71.9 Å². The van der Waals surface area contributed by atoms with E-state index in [9.17, 15) is 63.0 Å². The Labute approximate surface area is 791 Å². The van der Waals surface area contributed by atoms with E-state index in [4.69, 9.17) is 47.4 Å². The molecule has 0 radical (unpaired) electrons. The summed E-state index contributed by atoms with van der Waals surface area (Å²) >= 11 is 0. The van der Waals surface area contributed by atoms with Crippen molar-refractivity contribution in [1.29, 1.82) is 0 Å². The summed E-state index contributed by atoms with van der Waals surface area (Å²) in [5, 5.41) is 23.5. The number of nitrogens with zero attached hydrogens (tertiary/aromatic N) is 2. The van der Waals surface area contributed by atoms with Gasteiger partial charge in [0.2, 0.25) is 11.5 Å². The normalized spacial score (nSPS) is 10.7. The number of carbonyl (C=O) groups excluding carboxylic acids is 10. The fraction of sp³-hybridized carbons (Fsp3) is 0.258. The van der Waals surface area contributed by atoms with Crippen molar-refractivity contribution >= 4 is 105 Å². The zero-order valence-electron chi connectivity index (χ0n) is 77.8. The van der Waals surface area contributed by atoms with Gasteiger partial charge in [-0.05, 0) is 242 Å². The second-order valence-electron chi connectivity index (χ2n) is 28.9. The molecule has 1 fully saturated rings. The topological polar surface area (TPSA) is 507 Å². The van der Waals surface area contributed by atoms with Crippen LogP contribution in [-0.2, 0) is 11.2 Å². The van der Waals surface area contributed by atoms with Crippen LogP contribution in [0.4, 0.5) is 63.8 Å². The molecule has 0 unspecified atom stereocenters. The van der Waals surface area contributed by atoms with Crippen molar-refractivity contribution in [3.8, 4) is 51.7 Å². The fourth-order valence-corrected chi connectivity index (χ4v) is 12.2. The predicted molar refractivity (Wildman–Crippen MR) is 516 cm³/mol. The Balaban J connectivity index is 0.000000234. The number of benzene rings is 10. The maximum atomic E-state index is 12.7. The van der Waals surface area contributed by atoms with Gasteiger partial charge in [-0.25, -0.2) is 51.1 Å². The summed E-state index contributed by atoms with van der Waals surface area (Å²) in [5.41, 5.74) is 30.5. The number of aryl methyl sites for hydroxylation is 2. The number of methoxy groups -OCH3 is 4. The number of nitroso groups, excluding NO2 is 1. The molecule has 724 valence electrons. The number of urea groups is 5. The highest BCUT2D eigenvalue weighted by Crippen LogP contribution is 2.40. The number of nitrogens with one attached hydrogen (secondary N) is 15. The van der Waals surface area contributed by atoms with E-state index >= 15 is 0 Å². The van der Waals surface area contributed by atoms with Gasteiger partial charge in [0.05, 0.1) is 78.2 Å². The molecule has 40 nitrogen and oxygen atoms in total. The summed E-state index contributed by atoms with van der Waals surface area (Å²) in [6, 6.07) is 56.5. The molecule has 0 saturated heterocycles. The number of unbranched alkanes of at least 4 members (excludes halogenated alkanes) is 1. The molecule has 10 aromatic carbocycles. The summed E-state index contributed by atoms with van der Waals surface area (Å²) in [7, 11) is 7.21. The van der Waals surface area contributed by atoms with Gasteiger partial charge in [-0.15, -0.1) is 0 Å². The Morgan fingerprint density at radius 1 is 0.380 bits per heavy atom. The summed E-state index contributed by atoms with van der Waals surface area (Å²) in [4.78, 5) is 142. The van der Waals surface area contributed by atoms with E-state index in [-0.39, 0.29) is 28.5 Å². The van der Waals surface area contributed by atoms with Gasteiger partial charge in [0, 0.05) is 90.1 Å². The monoisotopic (exact) mass is 1880 g/mol. The minimum Gasteiger partial charge on any atom is -0.495 e. The lowest BCUT2D eigenvalue weighted by Crippen LogP contribution is -2.44. The van der Waals surface area contributed by atoms with E-state index in [2.05, 4.69) is 94.3 Å². The molecule has 10 aromatic rings. The lowest BCUT2D eigenvalue weighted by Gasteiger charge is -2.17. The van der Waals surface area contributed by atoms with E-state index < -0.39 is 64.6 Å². The van der Waals surface area contributed by atoms with Crippen LogP contribution in [0.2, 0.25) is 0 Å². The minimum atomic E-state index is -0.663. The van der Waals surface area contributed by atoms with Crippen LogP contribution >= 0.6 is 0 Å². The number of amides is 15. The molecule has 11 rings (SSSR count). The highest BCUT2D eigenvalue weighted by Gasteiger charge is 2.23. The van der Waals surface area contributed by atoms with Crippen LogP contribution in [0.1, 0.15) is 149 Å². The molecule has 15 N–H and O–H groups in total. The van der Waals surface area contributed by atoms with E-state index in [0.29, 0.717) is 135 Å². The third-order valence-electron chi connectivity index (χ3n) is 19.0. The number of ether oxygens (including phenoxy) is 10. The van der Waals surface area contributed by atoms with Crippen molar-refractivity contribution in [2.75, 3.05) is 95.1 Å². The second kappa shape index (κ2) is 57.1. The maximum Gasteiger partial charge on any atom is 0.338 e. The van der Waals surface area contributed by atoms with Crippen molar-refractivity contribution in [2.45, 2.75) is 99.5 Å². The highest BCUT2D eigenvalue weighted by molar-refractivity contribution is 6.02. The number of anilines is 5. The molecule has 0 bridgehead atoms. The van der Waals surface area contributed by atoms with Crippen molar-refractivity contribution in [2.24, 2.45) is 0 Å². The van der Waals surface area contributed by atoms with E-state index in [1.54, 1.807) is 152 Å². The number of hydrogen-bond donors (Lipinski definition) is 15. The Morgan fingerprint density at radius 2 is 0.788 bits per heavy atom. The number of carbonyl (C=O) groups is 10. The number of rotatable bonds is 32. The Hall–Kier alpha value is -17.4.